The van der Waals surface area contributed by atoms with E-state index >= 15 is 0 Å². The normalized spacial score (nSPS) is 25.3. The summed E-state index contributed by atoms with van der Waals surface area (Å²) in [5, 5.41) is 7.65. The van der Waals surface area contributed by atoms with Gasteiger partial charge in [-0.3, -0.25) is 30.0 Å². The highest BCUT2D eigenvalue weighted by Crippen LogP contribution is 2.45. The molecule has 288 valence electrons. The van der Waals surface area contributed by atoms with Gasteiger partial charge in [0.1, 0.15) is 35.0 Å². The summed E-state index contributed by atoms with van der Waals surface area (Å²) >= 11 is 1.49. The Labute approximate surface area is 318 Å². The molecule has 3 aromatic rings. The quantitative estimate of drug-likeness (QED) is 0.210. The highest BCUT2D eigenvalue weighted by Gasteiger charge is 2.61. The summed E-state index contributed by atoms with van der Waals surface area (Å²) in [4.78, 5) is 80.2. The molecule has 3 aliphatic rings. The third kappa shape index (κ3) is 8.83. The van der Waals surface area contributed by atoms with Crippen molar-refractivity contribution in [2.24, 2.45) is 11.3 Å². The number of rotatable bonds is 5. The smallest absolute Gasteiger partial charge is 0.408 e. The average Bonchev–Trinajstić information content (AvgIpc) is 3.40. The molecule has 5 amide bonds. The summed E-state index contributed by atoms with van der Waals surface area (Å²) in [6.45, 7) is 10.4. The number of benzene rings is 1. The van der Waals surface area contributed by atoms with Crippen LogP contribution in [-0.4, -0.2) is 80.5 Å². The number of nitrogens with zero attached hydrogens (tertiary/aromatic N) is 3. The van der Waals surface area contributed by atoms with Crippen LogP contribution in [0.25, 0.3) is 21.6 Å². The lowest BCUT2D eigenvalue weighted by atomic mass is 9.96. The summed E-state index contributed by atoms with van der Waals surface area (Å²) in [5.74, 6) is -2.03. The standard InChI is InChI=1S/C39H49N7O7S/c1-37(2,3)34(49)44-45-35(50)39-21-23(39)14-9-7-8-10-17-27(42-36(51)53-38(4,5)6)33(48)46-22-24(20-28(46)31(47)43-39)52-32-30(29-18-13-19-54-29)40-25-15-11-12-16-26(25)41-32/h9,11-16,18-19,23-24,27-28H,7-8,10,17,20-22H2,1-6H3,(H,42,51)(H,43,47)(H,44,49)(H,45,50)/b14-9-/t23-,24-,27+,28+,39-/m1/s1. The van der Waals surface area contributed by atoms with E-state index in [-0.39, 0.29) is 30.7 Å². The Morgan fingerprint density at radius 3 is 2.41 bits per heavy atom. The van der Waals surface area contributed by atoms with Crippen LogP contribution in [0, 0.1) is 11.3 Å². The zero-order valence-corrected chi connectivity index (χ0v) is 32.4. The number of hydrazine groups is 1. The first-order valence-corrected chi connectivity index (χ1v) is 19.3. The minimum absolute atomic E-state index is 0.00593. The molecule has 0 radical (unpaired) electrons. The van der Waals surface area contributed by atoms with Crippen molar-refractivity contribution in [1.82, 2.24) is 36.4 Å². The van der Waals surface area contributed by atoms with Crippen molar-refractivity contribution in [3.05, 3.63) is 53.9 Å². The monoisotopic (exact) mass is 759 g/mol. The fraction of sp³-hybridized carbons (Fsp3) is 0.513. The zero-order valence-electron chi connectivity index (χ0n) is 31.6. The molecule has 14 nitrogen and oxygen atoms in total. The van der Waals surface area contributed by atoms with Crippen molar-refractivity contribution >= 4 is 52.1 Å². The molecule has 2 aliphatic heterocycles. The lowest BCUT2D eigenvalue weighted by Gasteiger charge is -2.30. The second-order valence-electron chi connectivity index (χ2n) is 16.2. The highest BCUT2D eigenvalue weighted by atomic mass is 32.1. The van der Waals surface area contributed by atoms with Gasteiger partial charge in [0.05, 0.1) is 22.5 Å². The van der Waals surface area contributed by atoms with Crippen LogP contribution < -0.4 is 26.2 Å². The Hall–Kier alpha value is -5.05. The van der Waals surface area contributed by atoms with E-state index in [2.05, 4.69) is 21.5 Å². The highest BCUT2D eigenvalue weighted by molar-refractivity contribution is 7.13. The number of aromatic nitrogens is 2. The van der Waals surface area contributed by atoms with Crippen LogP contribution in [-0.2, 0) is 23.9 Å². The molecule has 4 heterocycles. The Morgan fingerprint density at radius 1 is 0.981 bits per heavy atom. The van der Waals surface area contributed by atoms with Gasteiger partial charge >= 0.3 is 6.09 Å². The summed E-state index contributed by atoms with van der Waals surface area (Å²) in [5.41, 5.74) is 3.96. The van der Waals surface area contributed by atoms with E-state index in [9.17, 15) is 24.0 Å². The number of fused-ring (bicyclic) bond motifs is 3. The molecule has 6 rings (SSSR count). The molecule has 54 heavy (non-hydrogen) atoms. The van der Waals surface area contributed by atoms with Gasteiger partial charge in [0.25, 0.3) is 5.91 Å². The van der Waals surface area contributed by atoms with Crippen LogP contribution in [0.3, 0.4) is 0 Å². The number of hydrogen-bond donors (Lipinski definition) is 4. The van der Waals surface area contributed by atoms with Crippen molar-refractivity contribution in [3.63, 3.8) is 0 Å². The van der Waals surface area contributed by atoms with Gasteiger partial charge in [-0.2, -0.15) is 0 Å². The largest absolute Gasteiger partial charge is 0.471 e. The van der Waals surface area contributed by atoms with E-state index in [0.29, 0.717) is 42.4 Å². The predicted molar refractivity (Wildman–Crippen MR) is 203 cm³/mol. The Bertz CT molecular complexity index is 1940. The van der Waals surface area contributed by atoms with Crippen molar-refractivity contribution < 1.29 is 33.4 Å². The molecule has 2 aromatic heterocycles. The van der Waals surface area contributed by atoms with Crippen LogP contribution in [0.2, 0.25) is 0 Å². The second kappa shape index (κ2) is 15.4. The van der Waals surface area contributed by atoms with E-state index in [4.69, 9.17) is 19.4 Å². The minimum atomic E-state index is -1.35. The average molecular weight is 760 g/mol. The first kappa shape index (κ1) is 38.7. The van der Waals surface area contributed by atoms with E-state index in [1.165, 1.54) is 16.2 Å². The maximum Gasteiger partial charge on any atom is 0.408 e. The fourth-order valence-corrected chi connectivity index (χ4v) is 7.35. The number of para-hydroxylation sites is 2. The zero-order chi connectivity index (χ0) is 38.8. The second-order valence-corrected chi connectivity index (χ2v) is 17.1. The van der Waals surface area contributed by atoms with Gasteiger partial charge < -0.3 is 25.0 Å². The van der Waals surface area contributed by atoms with E-state index < -0.39 is 58.6 Å². The summed E-state index contributed by atoms with van der Waals surface area (Å²) < 4.78 is 12.1. The third-order valence-electron chi connectivity index (χ3n) is 9.63. The number of carbonyl (C=O) groups excluding carboxylic acids is 5. The molecule has 4 N–H and O–H groups in total. The van der Waals surface area contributed by atoms with Crippen molar-refractivity contribution in [3.8, 4) is 16.5 Å². The molecule has 1 saturated carbocycles. The first-order valence-electron chi connectivity index (χ1n) is 18.4. The molecule has 5 atom stereocenters. The molecule has 15 heteroatoms. The summed E-state index contributed by atoms with van der Waals surface area (Å²) in [7, 11) is 0. The van der Waals surface area contributed by atoms with Gasteiger partial charge in [-0.05, 0) is 70.0 Å². The molecule has 0 spiro atoms. The number of nitrogens with one attached hydrogen (secondary N) is 4. The lowest BCUT2D eigenvalue weighted by Crippen LogP contribution is -2.60. The van der Waals surface area contributed by atoms with Crippen LogP contribution in [0.5, 0.6) is 5.88 Å². The van der Waals surface area contributed by atoms with Gasteiger partial charge in [-0.1, -0.05) is 57.5 Å². The Morgan fingerprint density at radius 2 is 1.72 bits per heavy atom. The number of alkyl carbamates (subject to hydrolysis) is 1. The number of amides is 5. The van der Waals surface area contributed by atoms with Crippen LogP contribution >= 0.6 is 11.3 Å². The number of allylic oxidation sites excluding steroid dienone is 1. The van der Waals surface area contributed by atoms with Crippen molar-refractivity contribution in [1.29, 1.82) is 0 Å². The molecular weight excluding hydrogens is 711 g/mol. The van der Waals surface area contributed by atoms with Crippen molar-refractivity contribution in [2.45, 2.75) is 109 Å². The van der Waals surface area contributed by atoms with E-state index in [0.717, 1.165) is 11.3 Å². The van der Waals surface area contributed by atoms with Gasteiger partial charge in [0.15, 0.2) is 0 Å². The van der Waals surface area contributed by atoms with Crippen molar-refractivity contribution in [2.75, 3.05) is 6.54 Å². The number of carbonyl (C=O) groups is 5. The Balaban J connectivity index is 1.32. The van der Waals surface area contributed by atoms with E-state index in [1.54, 1.807) is 41.5 Å². The number of hydrogen-bond acceptors (Lipinski definition) is 10. The van der Waals surface area contributed by atoms with Crippen LogP contribution in [0.1, 0.15) is 80.1 Å². The maximum absolute atomic E-state index is 14.5. The molecule has 0 unspecified atom stereocenters. The van der Waals surface area contributed by atoms with E-state index in [1.807, 2.05) is 53.9 Å². The molecular formula is C39H49N7O7S. The van der Waals surface area contributed by atoms with Gasteiger partial charge in [-0.15, -0.1) is 11.3 Å². The van der Waals surface area contributed by atoms with Crippen LogP contribution in [0.15, 0.2) is 53.9 Å². The first-order chi connectivity index (χ1) is 25.5. The molecule has 2 fully saturated rings. The van der Waals surface area contributed by atoms with Crippen LogP contribution in [0.4, 0.5) is 4.79 Å². The third-order valence-corrected chi connectivity index (χ3v) is 10.5. The fourth-order valence-electron chi connectivity index (χ4n) is 6.65. The number of thiophene rings is 1. The summed E-state index contributed by atoms with van der Waals surface area (Å²) in [6.07, 6.45) is 5.15. The van der Waals surface area contributed by atoms with Gasteiger partial charge in [0.2, 0.25) is 23.6 Å². The molecule has 1 aliphatic carbocycles. The topological polar surface area (TPSA) is 181 Å². The molecule has 0 bridgehead atoms. The SMILES string of the molecule is CC(C)(C)OC(=O)N[C@H]1CCCC/C=C\[C@@H]2C[C@@]2(C(=O)NNC(=O)C(C)(C)C)NC(=O)[C@@H]2C[C@@H](Oc3nc4ccccc4nc3-c3cccs3)CN2C1=O. The lowest BCUT2D eigenvalue weighted by molar-refractivity contribution is -0.142. The minimum Gasteiger partial charge on any atom is -0.471 e. The molecule has 1 saturated heterocycles. The predicted octanol–water partition coefficient (Wildman–Crippen LogP) is 4.80. The Kier molecular flexibility index (Phi) is 11.0. The van der Waals surface area contributed by atoms with Gasteiger partial charge in [-0.25, -0.2) is 14.8 Å². The van der Waals surface area contributed by atoms with Gasteiger partial charge in [0, 0.05) is 17.8 Å². The molecule has 1 aromatic carbocycles. The summed E-state index contributed by atoms with van der Waals surface area (Å²) in [6, 6.07) is 9.23. The number of ether oxygens (including phenoxy) is 2. The maximum atomic E-state index is 14.5.